The lowest BCUT2D eigenvalue weighted by Crippen LogP contribution is -2.20. The van der Waals surface area contributed by atoms with Crippen LogP contribution in [0.15, 0.2) is 39.5 Å². The van der Waals surface area contributed by atoms with Gasteiger partial charge in [-0.3, -0.25) is 4.79 Å². The van der Waals surface area contributed by atoms with E-state index in [0.717, 1.165) is 57.9 Å². The molecule has 1 aliphatic carbocycles. The van der Waals surface area contributed by atoms with E-state index in [1.54, 1.807) is 7.11 Å². The Morgan fingerprint density at radius 3 is 2.71 bits per heavy atom. The summed E-state index contributed by atoms with van der Waals surface area (Å²) < 4.78 is 19.1. The van der Waals surface area contributed by atoms with Crippen LogP contribution in [-0.2, 0) is 19.9 Å². The van der Waals surface area contributed by atoms with Crippen LogP contribution in [0, 0.1) is 19.8 Å². The summed E-state index contributed by atoms with van der Waals surface area (Å²) in [4.78, 5) is 25.9. The molecule has 0 radical (unpaired) electrons. The van der Waals surface area contributed by atoms with Crippen LogP contribution in [0.1, 0.15) is 46.1 Å². The van der Waals surface area contributed by atoms with Crippen molar-refractivity contribution >= 4 is 27.7 Å². The minimum atomic E-state index is -0.258. The summed E-state index contributed by atoms with van der Waals surface area (Å²) in [5, 5.41) is 1.81. The molecule has 4 aromatic rings. The van der Waals surface area contributed by atoms with E-state index in [2.05, 4.69) is 6.92 Å². The number of ether oxygens (including phenoxy) is 2. The maximum Gasteiger partial charge on any atom is 0.339 e. The van der Waals surface area contributed by atoms with Gasteiger partial charge in [-0.2, -0.15) is 0 Å². The molecule has 0 saturated carbocycles. The van der Waals surface area contributed by atoms with E-state index in [0.29, 0.717) is 28.6 Å². The molecule has 0 aliphatic heterocycles. The van der Waals surface area contributed by atoms with Gasteiger partial charge in [-0.15, -0.1) is 0 Å². The van der Waals surface area contributed by atoms with Crippen LogP contribution < -0.4 is 15.1 Å². The molecule has 176 valence electrons. The third-order valence-corrected chi connectivity index (χ3v) is 7.26. The fraction of sp³-hybridized carbons (Fsp3) is 0.357. The van der Waals surface area contributed by atoms with Crippen LogP contribution >= 0.6 is 0 Å². The summed E-state index contributed by atoms with van der Waals surface area (Å²) >= 11 is 0. The Kier molecular flexibility index (Phi) is 5.47. The number of benzene rings is 2. The second kappa shape index (κ2) is 8.35. The Bertz CT molecular complexity index is 1510. The summed E-state index contributed by atoms with van der Waals surface area (Å²) in [6.45, 7) is 5.90. The maximum atomic E-state index is 13.3. The zero-order valence-electron chi connectivity index (χ0n) is 20.3. The van der Waals surface area contributed by atoms with Gasteiger partial charge in [0.1, 0.15) is 17.1 Å². The SMILES string of the molecule is COc1ccc2c(c1)c(C(=O)COc1ccc3c4c(c(=O)oc3c1C)CC[C@H](C)C4)c(C)n2C. The summed E-state index contributed by atoms with van der Waals surface area (Å²) in [6.07, 6.45) is 2.64. The first-order valence-corrected chi connectivity index (χ1v) is 11.7. The minimum Gasteiger partial charge on any atom is -0.497 e. The van der Waals surface area contributed by atoms with Crippen molar-refractivity contribution in [1.82, 2.24) is 4.57 Å². The summed E-state index contributed by atoms with van der Waals surface area (Å²) in [5.74, 6) is 1.67. The van der Waals surface area contributed by atoms with Crippen LogP contribution in [0.4, 0.5) is 0 Å². The largest absolute Gasteiger partial charge is 0.497 e. The molecule has 0 spiro atoms. The number of aryl methyl sites for hydroxylation is 2. The molecule has 0 amide bonds. The van der Waals surface area contributed by atoms with Gasteiger partial charge >= 0.3 is 5.63 Å². The first kappa shape index (κ1) is 22.3. The fourth-order valence-electron chi connectivity index (χ4n) is 5.21. The quantitative estimate of drug-likeness (QED) is 0.299. The van der Waals surface area contributed by atoms with E-state index in [-0.39, 0.29) is 18.0 Å². The Labute approximate surface area is 198 Å². The van der Waals surface area contributed by atoms with E-state index >= 15 is 0 Å². The van der Waals surface area contributed by atoms with Gasteiger partial charge in [-0.25, -0.2) is 4.79 Å². The van der Waals surface area contributed by atoms with Gasteiger partial charge in [0.25, 0.3) is 0 Å². The zero-order chi connectivity index (χ0) is 24.1. The standard InChI is InChI=1S/C28H29NO5/c1-15-6-8-20-21(12-15)19-9-11-25(16(2)27(19)34-28(20)31)33-14-24(30)26-17(3)29(4)23-10-7-18(32-5)13-22(23)26/h7,9-11,13,15H,6,8,12,14H2,1-5H3/t15-/m0/s1. The molecule has 2 aromatic heterocycles. The average molecular weight is 460 g/mol. The number of hydrogen-bond acceptors (Lipinski definition) is 5. The molecular formula is C28H29NO5. The Hall–Kier alpha value is -3.54. The molecule has 0 unspecified atom stereocenters. The molecule has 6 nitrogen and oxygen atoms in total. The van der Waals surface area contributed by atoms with Crippen molar-refractivity contribution in [2.75, 3.05) is 13.7 Å². The lowest BCUT2D eigenvalue weighted by atomic mass is 9.84. The van der Waals surface area contributed by atoms with Gasteiger partial charge in [-0.05, 0) is 74.9 Å². The van der Waals surface area contributed by atoms with Crippen LogP contribution in [0.25, 0.3) is 21.9 Å². The summed E-state index contributed by atoms with van der Waals surface area (Å²) in [7, 11) is 3.55. The molecule has 2 heterocycles. The summed E-state index contributed by atoms with van der Waals surface area (Å²) in [5.41, 5.74) is 5.39. The lowest BCUT2D eigenvalue weighted by molar-refractivity contribution is 0.0922. The van der Waals surface area contributed by atoms with Crippen molar-refractivity contribution in [1.29, 1.82) is 0 Å². The molecule has 0 N–H and O–H groups in total. The number of aromatic nitrogens is 1. The van der Waals surface area contributed by atoms with Crippen molar-refractivity contribution < 1.29 is 18.7 Å². The predicted molar refractivity (Wildman–Crippen MR) is 132 cm³/mol. The Balaban J connectivity index is 1.48. The smallest absolute Gasteiger partial charge is 0.339 e. The minimum absolute atomic E-state index is 0.114. The van der Waals surface area contributed by atoms with E-state index in [1.165, 1.54) is 0 Å². The number of ketones is 1. The number of carbonyl (C=O) groups excluding carboxylic acids is 1. The van der Waals surface area contributed by atoms with Crippen molar-refractivity contribution in [2.24, 2.45) is 13.0 Å². The lowest BCUT2D eigenvalue weighted by Gasteiger charge is -2.22. The van der Waals surface area contributed by atoms with Crippen LogP contribution in [-0.4, -0.2) is 24.1 Å². The van der Waals surface area contributed by atoms with Crippen molar-refractivity contribution in [3.05, 3.63) is 68.7 Å². The number of Topliss-reactive ketones (excluding diaryl/α,β-unsaturated/α-hetero) is 1. The second-order valence-corrected chi connectivity index (χ2v) is 9.37. The third-order valence-electron chi connectivity index (χ3n) is 7.26. The molecule has 0 bridgehead atoms. The Morgan fingerprint density at radius 1 is 1.15 bits per heavy atom. The normalized spacial score (nSPS) is 15.5. The van der Waals surface area contributed by atoms with Crippen molar-refractivity contribution in [3.63, 3.8) is 0 Å². The number of rotatable bonds is 5. The molecule has 1 aliphatic rings. The highest BCUT2D eigenvalue weighted by molar-refractivity contribution is 6.10. The zero-order valence-corrected chi connectivity index (χ0v) is 20.3. The number of methoxy groups -OCH3 is 1. The van der Waals surface area contributed by atoms with Crippen LogP contribution in [0.5, 0.6) is 11.5 Å². The Morgan fingerprint density at radius 2 is 1.94 bits per heavy atom. The van der Waals surface area contributed by atoms with E-state index in [4.69, 9.17) is 13.9 Å². The molecule has 0 saturated heterocycles. The fourth-order valence-corrected chi connectivity index (χ4v) is 5.21. The van der Waals surface area contributed by atoms with Gasteiger partial charge in [0.2, 0.25) is 5.78 Å². The molecule has 34 heavy (non-hydrogen) atoms. The van der Waals surface area contributed by atoms with Crippen LogP contribution in [0.2, 0.25) is 0 Å². The number of carbonyl (C=O) groups is 1. The maximum absolute atomic E-state index is 13.3. The second-order valence-electron chi connectivity index (χ2n) is 9.37. The topological polar surface area (TPSA) is 70.7 Å². The molecule has 0 fully saturated rings. The monoisotopic (exact) mass is 459 g/mol. The number of hydrogen-bond donors (Lipinski definition) is 0. The van der Waals surface area contributed by atoms with E-state index in [9.17, 15) is 9.59 Å². The highest BCUT2D eigenvalue weighted by Gasteiger charge is 2.24. The molecular weight excluding hydrogens is 430 g/mol. The van der Waals surface area contributed by atoms with Gasteiger partial charge in [0.15, 0.2) is 6.61 Å². The highest BCUT2D eigenvalue weighted by Crippen LogP contribution is 2.34. The average Bonchev–Trinajstić information content (AvgIpc) is 3.08. The van der Waals surface area contributed by atoms with Gasteiger partial charge in [0.05, 0.1) is 7.11 Å². The van der Waals surface area contributed by atoms with Crippen molar-refractivity contribution in [2.45, 2.75) is 40.0 Å². The highest BCUT2D eigenvalue weighted by atomic mass is 16.5. The molecule has 2 aromatic carbocycles. The first-order chi connectivity index (χ1) is 16.3. The van der Waals surface area contributed by atoms with E-state index in [1.807, 2.05) is 55.8 Å². The van der Waals surface area contributed by atoms with Gasteiger partial charge in [-0.1, -0.05) is 6.92 Å². The van der Waals surface area contributed by atoms with Gasteiger partial charge in [0, 0.05) is 45.7 Å². The number of fused-ring (bicyclic) bond motifs is 4. The first-order valence-electron chi connectivity index (χ1n) is 11.7. The predicted octanol–water partition coefficient (Wildman–Crippen LogP) is 5.30. The summed E-state index contributed by atoms with van der Waals surface area (Å²) in [6, 6.07) is 9.56. The molecule has 5 rings (SSSR count). The van der Waals surface area contributed by atoms with Gasteiger partial charge < -0.3 is 18.5 Å². The molecule has 6 heteroatoms. The number of nitrogens with zero attached hydrogens (tertiary/aromatic N) is 1. The van der Waals surface area contributed by atoms with E-state index < -0.39 is 0 Å². The third kappa shape index (κ3) is 3.49. The van der Waals surface area contributed by atoms with Crippen LogP contribution in [0.3, 0.4) is 0 Å². The molecule has 1 atom stereocenters. The van der Waals surface area contributed by atoms with Crippen molar-refractivity contribution in [3.8, 4) is 11.5 Å².